The third kappa shape index (κ3) is 11.8. The van der Waals surface area contributed by atoms with Gasteiger partial charge in [0.1, 0.15) is 0 Å². The number of hydrogen-bond acceptors (Lipinski definition) is 1. The number of alkyl halides is 3. The van der Waals surface area contributed by atoms with Crippen LogP contribution in [0.2, 0.25) is 0 Å². The molecule has 0 amide bonds. The van der Waals surface area contributed by atoms with E-state index >= 15 is 0 Å². The van der Waals surface area contributed by atoms with E-state index in [4.69, 9.17) is 0 Å². The minimum atomic E-state index is -4.03. The van der Waals surface area contributed by atoms with Gasteiger partial charge < -0.3 is 5.32 Å². The fraction of sp³-hybridized carbons (Fsp3) is 1.00. The van der Waals surface area contributed by atoms with Crippen molar-refractivity contribution >= 4 is 0 Å². The lowest BCUT2D eigenvalue weighted by Crippen LogP contribution is -2.29. The number of halogens is 3. The van der Waals surface area contributed by atoms with E-state index in [0.717, 1.165) is 12.8 Å². The Bertz CT molecular complexity index is 157. The third-order valence-electron chi connectivity index (χ3n) is 2.64. The first-order valence-corrected chi connectivity index (χ1v) is 6.26. The predicted octanol–water partition coefficient (Wildman–Crippen LogP) is 4.28. The molecule has 1 unspecified atom stereocenters. The standard InChI is InChI=1S/C12H24F3N/c1-3-4-5-6-7-8-11(2)16-10-9-12(13,14)15/h11,16H,3-10H2,1-2H3. The third-order valence-corrected chi connectivity index (χ3v) is 2.64. The molecule has 1 nitrogen and oxygen atoms in total. The minimum absolute atomic E-state index is 0.0413. The van der Waals surface area contributed by atoms with E-state index in [-0.39, 0.29) is 12.6 Å². The first-order chi connectivity index (χ1) is 7.45. The van der Waals surface area contributed by atoms with Gasteiger partial charge in [-0.05, 0) is 13.3 Å². The van der Waals surface area contributed by atoms with E-state index < -0.39 is 12.6 Å². The van der Waals surface area contributed by atoms with Crippen molar-refractivity contribution in [1.29, 1.82) is 0 Å². The second kappa shape index (κ2) is 8.85. The molecule has 16 heavy (non-hydrogen) atoms. The molecule has 0 heterocycles. The van der Waals surface area contributed by atoms with E-state index in [9.17, 15) is 13.2 Å². The molecule has 0 aliphatic carbocycles. The van der Waals surface area contributed by atoms with E-state index in [1.807, 2.05) is 6.92 Å². The molecule has 0 aromatic carbocycles. The van der Waals surface area contributed by atoms with Crippen LogP contribution in [0, 0.1) is 0 Å². The molecule has 4 heteroatoms. The summed E-state index contributed by atoms with van der Waals surface area (Å²) in [5, 5.41) is 2.91. The Labute approximate surface area is 96.8 Å². The van der Waals surface area contributed by atoms with Crippen molar-refractivity contribution in [2.45, 2.75) is 71.0 Å². The van der Waals surface area contributed by atoms with Gasteiger partial charge in [0.2, 0.25) is 0 Å². The molecule has 0 rings (SSSR count). The Hall–Kier alpha value is -0.250. The van der Waals surface area contributed by atoms with Crippen LogP contribution in [0.4, 0.5) is 13.2 Å². The van der Waals surface area contributed by atoms with Crippen LogP contribution in [-0.2, 0) is 0 Å². The van der Waals surface area contributed by atoms with Gasteiger partial charge in [0.15, 0.2) is 0 Å². The van der Waals surface area contributed by atoms with Gasteiger partial charge >= 0.3 is 6.18 Å². The second-order valence-corrected chi connectivity index (χ2v) is 4.42. The first kappa shape index (κ1) is 15.8. The molecule has 1 atom stereocenters. The van der Waals surface area contributed by atoms with Gasteiger partial charge in [-0.1, -0.05) is 39.0 Å². The van der Waals surface area contributed by atoms with Gasteiger partial charge in [0.05, 0.1) is 6.42 Å². The summed E-state index contributed by atoms with van der Waals surface area (Å²) in [6.45, 7) is 4.16. The summed E-state index contributed by atoms with van der Waals surface area (Å²) in [5.74, 6) is 0. The van der Waals surface area contributed by atoms with Crippen molar-refractivity contribution in [2.24, 2.45) is 0 Å². The summed E-state index contributed by atoms with van der Waals surface area (Å²) < 4.78 is 35.6. The van der Waals surface area contributed by atoms with Crippen molar-refractivity contribution in [3.8, 4) is 0 Å². The lowest BCUT2D eigenvalue weighted by Gasteiger charge is -2.14. The van der Waals surface area contributed by atoms with Crippen LogP contribution in [0.25, 0.3) is 0 Å². The number of unbranched alkanes of at least 4 members (excludes halogenated alkanes) is 4. The number of hydrogen-bond donors (Lipinski definition) is 1. The lowest BCUT2D eigenvalue weighted by molar-refractivity contribution is -0.133. The van der Waals surface area contributed by atoms with Crippen LogP contribution in [0.1, 0.15) is 58.8 Å². The zero-order chi connectivity index (χ0) is 12.4. The quantitative estimate of drug-likeness (QED) is 0.592. The summed E-state index contributed by atoms with van der Waals surface area (Å²) in [6, 6.07) is 0.198. The minimum Gasteiger partial charge on any atom is -0.314 e. The lowest BCUT2D eigenvalue weighted by atomic mass is 10.1. The van der Waals surface area contributed by atoms with Crippen LogP contribution >= 0.6 is 0 Å². The Morgan fingerprint density at radius 1 is 1.06 bits per heavy atom. The Balaban J connectivity index is 3.28. The summed E-state index contributed by atoms with van der Waals surface area (Å²) in [4.78, 5) is 0. The molecule has 0 aliphatic rings. The number of nitrogens with one attached hydrogen (secondary N) is 1. The zero-order valence-corrected chi connectivity index (χ0v) is 10.4. The highest BCUT2D eigenvalue weighted by molar-refractivity contribution is 4.62. The maximum atomic E-state index is 11.9. The Kier molecular flexibility index (Phi) is 8.71. The fourth-order valence-corrected chi connectivity index (χ4v) is 1.62. The topological polar surface area (TPSA) is 12.0 Å². The van der Waals surface area contributed by atoms with E-state index in [1.54, 1.807) is 0 Å². The monoisotopic (exact) mass is 239 g/mol. The average Bonchev–Trinajstić information content (AvgIpc) is 2.15. The van der Waals surface area contributed by atoms with Crippen molar-refractivity contribution in [3.63, 3.8) is 0 Å². The molecule has 0 saturated heterocycles. The molecule has 0 aliphatic heterocycles. The molecular weight excluding hydrogens is 215 g/mol. The highest BCUT2D eigenvalue weighted by Gasteiger charge is 2.26. The average molecular weight is 239 g/mol. The van der Waals surface area contributed by atoms with Crippen LogP contribution in [0.5, 0.6) is 0 Å². The van der Waals surface area contributed by atoms with E-state index in [0.29, 0.717) is 0 Å². The van der Waals surface area contributed by atoms with Gasteiger partial charge in [0, 0.05) is 12.6 Å². The SMILES string of the molecule is CCCCCCCC(C)NCCC(F)(F)F. The van der Waals surface area contributed by atoms with Crippen LogP contribution in [-0.4, -0.2) is 18.8 Å². The molecule has 98 valence electrons. The molecule has 0 radical (unpaired) electrons. The molecule has 0 fully saturated rings. The van der Waals surface area contributed by atoms with Gasteiger partial charge in [-0.2, -0.15) is 13.2 Å². The first-order valence-electron chi connectivity index (χ1n) is 6.26. The maximum Gasteiger partial charge on any atom is 0.390 e. The van der Waals surface area contributed by atoms with E-state index in [2.05, 4.69) is 12.2 Å². The summed E-state index contributed by atoms with van der Waals surface area (Å²) in [5.41, 5.74) is 0. The summed E-state index contributed by atoms with van der Waals surface area (Å²) in [7, 11) is 0. The van der Waals surface area contributed by atoms with Crippen molar-refractivity contribution in [1.82, 2.24) is 5.32 Å². The normalized spacial score (nSPS) is 14.1. The van der Waals surface area contributed by atoms with Crippen LogP contribution in [0.15, 0.2) is 0 Å². The summed E-state index contributed by atoms with van der Waals surface area (Å²) >= 11 is 0. The van der Waals surface area contributed by atoms with Crippen molar-refractivity contribution in [2.75, 3.05) is 6.54 Å². The van der Waals surface area contributed by atoms with Gasteiger partial charge in [-0.25, -0.2) is 0 Å². The van der Waals surface area contributed by atoms with Crippen molar-refractivity contribution < 1.29 is 13.2 Å². The highest BCUT2D eigenvalue weighted by Crippen LogP contribution is 2.18. The largest absolute Gasteiger partial charge is 0.390 e. The predicted molar refractivity (Wildman–Crippen MR) is 61.5 cm³/mol. The fourth-order valence-electron chi connectivity index (χ4n) is 1.62. The Morgan fingerprint density at radius 2 is 1.69 bits per heavy atom. The van der Waals surface area contributed by atoms with Gasteiger partial charge in [-0.15, -0.1) is 0 Å². The highest BCUT2D eigenvalue weighted by atomic mass is 19.4. The van der Waals surface area contributed by atoms with Gasteiger partial charge in [0.25, 0.3) is 0 Å². The van der Waals surface area contributed by atoms with E-state index in [1.165, 1.54) is 25.7 Å². The molecule has 0 saturated carbocycles. The molecule has 0 bridgehead atoms. The molecule has 0 spiro atoms. The molecule has 0 aromatic heterocycles. The van der Waals surface area contributed by atoms with Crippen LogP contribution < -0.4 is 5.32 Å². The Morgan fingerprint density at radius 3 is 2.25 bits per heavy atom. The maximum absolute atomic E-state index is 11.9. The zero-order valence-electron chi connectivity index (χ0n) is 10.4. The van der Waals surface area contributed by atoms with Crippen molar-refractivity contribution in [3.05, 3.63) is 0 Å². The summed E-state index contributed by atoms with van der Waals surface area (Å²) in [6.07, 6.45) is 2.24. The smallest absolute Gasteiger partial charge is 0.314 e. The molecular formula is C12H24F3N. The molecule has 0 aromatic rings. The second-order valence-electron chi connectivity index (χ2n) is 4.42. The van der Waals surface area contributed by atoms with Gasteiger partial charge in [-0.3, -0.25) is 0 Å². The molecule has 1 N–H and O–H groups in total. The van der Waals surface area contributed by atoms with Crippen LogP contribution in [0.3, 0.4) is 0 Å². The number of rotatable bonds is 9.